The van der Waals surface area contributed by atoms with E-state index in [1.807, 2.05) is 12.1 Å². The molecule has 2 rings (SSSR count). The molecule has 0 N–H and O–H groups in total. The van der Waals surface area contributed by atoms with E-state index < -0.39 is 10.0 Å². The van der Waals surface area contributed by atoms with Crippen LogP contribution >= 0.6 is 0 Å². The summed E-state index contributed by atoms with van der Waals surface area (Å²) in [5, 5.41) is 0. The lowest BCUT2D eigenvalue weighted by Gasteiger charge is -2.31. The molecule has 0 aromatic heterocycles. The molecule has 128 valence electrons. The van der Waals surface area contributed by atoms with Crippen LogP contribution in [0.2, 0.25) is 0 Å². The van der Waals surface area contributed by atoms with Crippen LogP contribution in [0.15, 0.2) is 40.8 Å². The first kappa shape index (κ1) is 18.2. The molecule has 1 aromatic carbocycles. The largest absolute Gasteiger partial charge is 0.243 e. The molecule has 4 heteroatoms. The Balaban J connectivity index is 2.22. The van der Waals surface area contributed by atoms with E-state index in [4.69, 9.17) is 0 Å². The molecule has 0 amide bonds. The molecule has 0 spiro atoms. The van der Waals surface area contributed by atoms with Crippen molar-refractivity contribution in [1.29, 1.82) is 0 Å². The van der Waals surface area contributed by atoms with Gasteiger partial charge in [0.05, 0.1) is 4.90 Å². The lowest BCUT2D eigenvalue weighted by molar-refractivity contribution is 0.389. The second-order valence-corrected chi connectivity index (χ2v) is 10.3. The fourth-order valence-electron chi connectivity index (χ4n) is 2.83. The van der Waals surface area contributed by atoms with Crippen molar-refractivity contribution in [2.24, 2.45) is 5.41 Å². The number of hydrogen-bond acceptors (Lipinski definition) is 2. The van der Waals surface area contributed by atoms with Gasteiger partial charge < -0.3 is 0 Å². The summed E-state index contributed by atoms with van der Waals surface area (Å²) in [6, 6.07) is 7.32. The number of hydrogen-bond donors (Lipinski definition) is 0. The van der Waals surface area contributed by atoms with Crippen LogP contribution in [0, 0.1) is 5.41 Å². The molecule has 0 unspecified atom stereocenters. The van der Waals surface area contributed by atoms with Gasteiger partial charge in [-0.05, 0) is 34.9 Å². The third-order valence-electron chi connectivity index (χ3n) is 4.49. The lowest BCUT2D eigenvalue weighted by Crippen LogP contribution is -2.36. The van der Waals surface area contributed by atoms with Crippen LogP contribution in [0.4, 0.5) is 0 Å². The lowest BCUT2D eigenvalue weighted by atomic mass is 9.83. The minimum Gasteiger partial charge on any atom is -0.207 e. The fraction of sp³-hybridized carbons (Fsp3) is 0.579. The number of rotatable bonds is 2. The van der Waals surface area contributed by atoms with Gasteiger partial charge in [-0.3, -0.25) is 0 Å². The summed E-state index contributed by atoms with van der Waals surface area (Å²) >= 11 is 0. The Kier molecular flexibility index (Phi) is 4.80. The maximum Gasteiger partial charge on any atom is 0.243 e. The van der Waals surface area contributed by atoms with E-state index in [0.717, 1.165) is 12.0 Å². The number of nitrogens with zero attached hydrogens (tertiary/aromatic N) is 1. The number of benzene rings is 1. The van der Waals surface area contributed by atoms with Crippen molar-refractivity contribution in [2.45, 2.75) is 58.3 Å². The minimum absolute atomic E-state index is 0.0256. The molecular weight excluding hydrogens is 306 g/mol. The molecule has 0 saturated heterocycles. The Morgan fingerprint density at radius 1 is 0.913 bits per heavy atom. The molecule has 1 heterocycles. The highest BCUT2D eigenvalue weighted by atomic mass is 32.2. The quantitative estimate of drug-likeness (QED) is 0.754. The van der Waals surface area contributed by atoms with Crippen LogP contribution in [0.3, 0.4) is 0 Å². The number of sulfonamides is 1. The Morgan fingerprint density at radius 3 is 1.87 bits per heavy atom. The van der Waals surface area contributed by atoms with Gasteiger partial charge in [-0.1, -0.05) is 65.3 Å². The summed E-state index contributed by atoms with van der Waals surface area (Å²) in [6.07, 6.45) is 2.88. The summed E-state index contributed by atoms with van der Waals surface area (Å²) in [5.74, 6) is 0. The zero-order valence-corrected chi connectivity index (χ0v) is 16.0. The normalized spacial score (nSPS) is 17.9. The molecule has 0 radical (unpaired) electrons. The summed E-state index contributed by atoms with van der Waals surface area (Å²) in [7, 11) is -3.40. The summed E-state index contributed by atoms with van der Waals surface area (Å²) in [4.78, 5) is 0.387. The summed E-state index contributed by atoms with van der Waals surface area (Å²) < 4.78 is 27.2. The second kappa shape index (κ2) is 6.06. The highest BCUT2D eigenvalue weighted by Crippen LogP contribution is 2.32. The van der Waals surface area contributed by atoms with Crippen molar-refractivity contribution in [3.63, 3.8) is 0 Å². The molecule has 0 atom stereocenters. The molecule has 3 nitrogen and oxygen atoms in total. The first-order valence-corrected chi connectivity index (χ1v) is 9.66. The molecule has 0 bridgehead atoms. The van der Waals surface area contributed by atoms with Crippen molar-refractivity contribution >= 4 is 10.0 Å². The van der Waals surface area contributed by atoms with Crippen LogP contribution < -0.4 is 0 Å². The first-order chi connectivity index (χ1) is 10.4. The fourth-order valence-corrected chi connectivity index (χ4v) is 4.21. The molecule has 1 aliphatic rings. The first-order valence-electron chi connectivity index (χ1n) is 8.22. The van der Waals surface area contributed by atoms with E-state index in [0.29, 0.717) is 18.0 Å². The van der Waals surface area contributed by atoms with Gasteiger partial charge in [0.1, 0.15) is 0 Å². The maximum absolute atomic E-state index is 12.8. The van der Waals surface area contributed by atoms with Crippen LogP contribution in [-0.2, 0) is 15.4 Å². The highest BCUT2D eigenvalue weighted by Gasteiger charge is 2.29. The van der Waals surface area contributed by atoms with Crippen molar-refractivity contribution in [1.82, 2.24) is 4.31 Å². The van der Waals surface area contributed by atoms with Gasteiger partial charge >= 0.3 is 0 Å². The van der Waals surface area contributed by atoms with Gasteiger partial charge in [-0.2, -0.15) is 4.31 Å². The Hall–Kier alpha value is -1.13. The molecular formula is C19H29NO2S. The van der Waals surface area contributed by atoms with Crippen LogP contribution in [0.5, 0.6) is 0 Å². The van der Waals surface area contributed by atoms with E-state index in [-0.39, 0.29) is 10.8 Å². The monoisotopic (exact) mass is 335 g/mol. The molecule has 0 fully saturated rings. The third kappa shape index (κ3) is 4.04. The molecule has 0 aliphatic carbocycles. The topological polar surface area (TPSA) is 37.4 Å². The Morgan fingerprint density at radius 2 is 1.48 bits per heavy atom. The predicted molar refractivity (Wildman–Crippen MR) is 96.1 cm³/mol. The van der Waals surface area contributed by atoms with E-state index in [2.05, 4.69) is 47.6 Å². The van der Waals surface area contributed by atoms with Gasteiger partial charge in [-0.25, -0.2) is 8.42 Å². The van der Waals surface area contributed by atoms with Crippen LogP contribution in [-0.4, -0.2) is 25.8 Å². The average molecular weight is 336 g/mol. The highest BCUT2D eigenvalue weighted by molar-refractivity contribution is 7.89. The summed E-state index contributed by atoms with van der Waals surface area (Å²) in [5.41, 5.74) is 2.62. The minimum atomic E-state index is -3.40. The van der Waals surface area contributed by atoms with Crippen molar-refractivity contribution in [2.75, 3.05) is 13.1 Å². The standard InChI is InChI=1S/C19H29NO2S/c1-18(2,3)15-7-9-17(10-8-15)23(21,22)20-13-11-16(12-14-20)19(4,5)6/h7-11H,12-14H2,1-6H3. The second-order valence-electron chi connectivity index (χ2n) is 8.37. The predicted octanol–water partition coefficient (Wildman–Crippen LogP) is 4.35. The van der Waals surface area contributed by atoms with E-state index in [1.54, 1.807) is 16.4 Å². The van der Waals surface area contributed by atoms with E-state index in [9.17, 15) is 8.42 Å². The van der Waals surface area contributed by atoms with Crippen molar-refractivity contribution in [3.8, 4) is 0 Å². The van der Waals surface area contributed by atoms with Crippen molar-refractivity contribution in [3.05, 3.63) is 41.5 Å². The molecule has 23 heavy (non-hydrogen) atoms. The van der Waals surface area contributed by atoms with E-state index in [1.165, 1.54) is 5.57 Å². The van der Waals surface area contributed by atoms with Gasteiger partial charge in [0.25, 0.3) is 0 Å². The van der Waals surface area contributed by atoms with Crippen LogP contribution in [0.1, 0.15) is 53.5 Å². The zero-order valence-electron chi connectivity index (χ0n) is 15.2. The Labute approximate surface area is 141 Å². The van der Waals surface area contributed by atoms with Gasteiger partial charge in [-0.15, -0.1) is 0 Å². The maximum atomic E-state index is 12.8. The van der Waals surface area contributed by atoms with Crippen LogP contribution in [0.25, 0.3) is 0 Å². The smallest absolute Gasteiger partial charge is 0.207 e. The van der Waals surface area contributed by atoms with Gasteiger partial charge in [0.15, 0.2) is 0 Å². The van der Waals surface area contributed by atoms with Crippen molar-refractivity contribution < 1.29 is 8.42 Å². The van der Waals surface area contributed by atoms with Gasteiger partial charge in [0, 0.05) is 13.1 Å². The molecule has 0 saturated carbocycles. The Bertz CT molecular complexity index is 686. The third-order valence-corrected chi connectivity index (χ3v) is 6.37. The van der Waals surface area contributed by atoms with Gasteiger partial charge in [0.2, 0.25) is 10.0 Å². The molecule has 1 aromatic rings. The average Bonchev–Trinajstić information content (AvgIpc) is 2.46. The SMILES string of the molecule is CC(C)(C)C1=CCN(S(=O)(=O)c2ccc(C(C)(C)C)cc2)CC1. The summed E-state index contributed by atoms with van der Waals surface area (Å²) in [6.45, 7) is 13.9. The van der Waals surface area contributed by atoms with E-state index >= 15 is 0 Å². The molecule has 1 aliphatic heterocycles. The zero-order chi connectivity index (χ0) is 17.5.